The first-order chi connectivity index (χ1) is 9.45. The van der Waals surface area contributed by atoms with E-state index in [9.17, 15) is 17.2 Å². The van der Waals surface area contributed by atoms with E-state index in [1.807, 2.05) is 0 Å². The number of aliphatic hydroxyl groups excluding tert-OH is 1. The SMILES string of the molecule is O=S(=O)(c1ccc(F)c(CO)c1F)N1CC2CCC1C2. The summed E-state index contributed by atoms with van der Waals surface area (Å²) in [5.41, 5.74) is -0.601. The highest BCUT2D eigenvalue weighted by Gasteiger charge is 2.45. The summed E-state index contributed by atoms with van der Waals surface area (Å²) in [5.74, 6) is -1.78. The molecule has 1 aliphatic heterocycles. The summed E-state index contributed by atoms with van der Waals surface area (Å²) in [7, 11) is -3.97. The van der Waals surface area contributed by atoms with Crippen molar-refractivity contribution in [3.05, 3.63) is 29.3 Å². The van der Waals surface area contributed by atoms with Crippen LogP contribution in [0.2, 0.25) is 0 Å². The highest BCUT2D eigenvalue weighted by molar-refractivity contribution is 7.89. The molecule has 1 N–H and O–H groups in total. The van der Waals surface area contributed by atoms with E-state index in [1.165, 1.54) is 4.31 Å². The van der Waals surface area contributed by atoms with Crippen molar-refractivity contribution >= 4 is 10.0 Å². The van der Waals surface area contributed by atoms with E-state index < -0.39 is 38.7 Å². The summed E-state index contributed by atoms with van der Waals surface area (Å²) in [6, 6.07) is 1.74. The van der Waals surface area contributed by atoms with E-state index in [2.05, 4.69) is 0 Å². The molecule has 1 saturated heterocycles. The molecular weight excluding hydrogens is 288 g/mol. The maximum Gasteiger partial charge on any atom is 0.246 e. The van der Waals surface area contributed by atoms with Gasteiger partial charge in [-0.3, -0.25) is 0 Å². The Morgan fingerprint density at radius 2 is 2.05 bits per heavy atom. The molecule has 2 aliphatic rings. The fourth-order valence-electron chi connectivity index (χ4n) is 3.22. The zero-order valence-electron chi connectivity index (χ0n) is 10.7. The van der Waals surface area contributed by atoms with Gasteiger partial charge < -0.3 is 5.11 Å². The molecule has 0 radical (unpaired) electrons. The van der Waals surface area contributed by atoms with Gasteiger partial charge in [0.2, 0.25) is 10.0 Å². The number of hydrogen-bond donors (Lipinski definition) is 1. The average molecular weight is 303 g/mol. The van der Waals surface area contributed by atoms with Gasteiger partial charge in [0.05, 0.1) is 12.2 Å². The number of nitrogens with zero attached hydrogens (tertiary/aromatic N) is 1. The highest BCUT2D eigenvalue weighted by Crippen LogP contribution is 2.41. The molecule has 0 amide bonds. The molecule has 0 aromatic heterocycles. The molecule has 3 rings (SSSR count). The summed E-state index contributed by atoms with van der Waals surface area (Å²) >= 11 is 0. The van der Waals surface area contributed by atoms with E-state index in [0.717, 1.165) is 31.4 Å². The van der Waals surface area contributed by atoms with Gasteiger partial charge in [-0.2, -0.15) is 4.31 Å². The first kappa shape index (κ1) is 13.9. The Bertz CT molecular complexity index is 647. The average Bonchev–Trinajstić information content (AvgIpc) is 3.01. The lowest BCUT2D eigenvalue weighted by Crippen LogP contribution is -2.38. The normalized spacial score (nSPS) is 26.4. The minimum atomic E-state index is -3.97. The molecule has 2 unspecified atom stereocenters. The molecule has 20 heavy (non-hydrogen) atoms. The molecule has 1 saturated carbocycles. The van der Waals surface area contributed by atoms with Gasteiger partial charge in [-0.1, -0.05) is 0 Å². The van der Waals surface area contributed by atoms with Crippen LogP contribution in [-0.4, -0.2) is 30.4 Å². The number of rotatable bonds is 3. The maximum absolute atomic E-state index is 14.1. The van der Waals surface area contributed by atoms with Crippen LogP contribution >= 0.6 is 0 Å². The summed E-state index contributed by atoms with van der Waals surface area (Å²) < 4.78 is 53.8. The van der Waals surface area contributed by atoms with Gasteiger partial charge in [-0.15, -0.1) is 0 Å². The van der Waals surface area contributed by atoms with Gasteiger partial charge in [-0.05, 0) is 37.3 Å². The lowest BCUT2D eigenvalue weighted by molar-refractivity contribution is 0.267. The van der Waals surface area contributed by atoms with Crippen molar-refractivity contribution in [3.8, 4) is 0 Å². The third-order valence-corrected chi connectivity index (χ3v) is 6.19. The number of fused-ring (bicyclic) bond motifs is 2. The summed E-state index contributed by atoms with van der Waals surface area (Å²) in [5, 5.41) is 8.97. The van der Waals surface area contributed by atoms with E-state index in [-0.39, 0.29) is 6.04 Å². The van der Waals surface area contributed by atoms with Crippen LogP contribution in [0.1, 0.15) is 24.8 Å². The minimum absolute atomic E-state index is 0.0768. The second-order valence-corrected chi connectivity index (χ2v) is 7.26. The van der Waals surface area contributed by atoms with Gasteiger partial charge in [0.15, 0.2) is 5.82 Å². The zero-order chi connectivity index (χ0) is 14.5. The third-order valence-electron chi connectivity index (χ3n) is 4.25. The van der Waals surface area contributed by atoms with Gasteiger partial charge in [0.1, 0.15) is 10.7 Å². The van der Waals surface area contributed by atoms with Crippen LogP contribution in [0.5, 0.6) is 0 Å². The summed E-state index contributed by atoms with van der Waals surface area (Å²) in [6.45, 7) is -0.467. The number of sulfonamides is 1. The van der Waals surface area contributed by atoms with Crippen molar-refractivity contribution in [3.63, 3.8) is 0 Å². The molecule has 1 heterocycles. The Balaban J connectivity index is 2.04. The summed E-state index contributed by atoms with van der Waals surface area (Å²) in [6.07, 6.45) is 2.61. The number of hydrogen-bond acceptors (Lipinski definition) is 3. The molecule has 4 nitrogen and oxygen atoms in total. The van der Waals surface area contributed by atoms with E-state index in [0.29, 0.717) is 12.5 Å². The molecule has 7 heteroatoms. The predicted molar refractivity (Wildman–Crippen MR) is 67.3 cm³/mol. The Morgan fingerprint density at radius 3 is 2.60 bits per heavy atom. The molecule has 0 spiro atoms. The van der Waals surface area contributed by atoms with Crippen LogP contribution in [0.15, 0.2) is 17.0 Å². The monoisotopic (exact) mass is 303 g/mol. The van der Waals surface area contributed by atoms with Gasteiger partial charge in [0.25, 0.3) is 0 Å². The zero-order valence-corrected chi connectivity index (χ0v) is 11.5. The van der Waals surface area contributed by atoms with Crippen molar-refractivity contribution in [1.29, 1.82) is 0 Å². The van der Waals surface area contributed by atoms with Gasteiger partial charge in [-0.25, -0.2) is 17.2 Å². The lowest BCUT2D eigenvalue weighted by atomic mass is 10.1. The summed E-state index contributed by atoms with van der Waals surface area (Å²) in [4.78, 5) is -0.546. The quantitative estimate of drug-likeness (QED) is 0.923. The molecule has 1 aromatic rings. The molecule has 1 aliphatic carbocycles. The standard InChI is InChI=1S/C13H15F2NO3S/c14-11-3-4-12(13(15)10(11)7-17)20(18,19)16-6-8-1-2-9(16)5-8/h3-4,8-9,17H,1-2,5-7H2. The Hall–Kier alpha value is -1.05. The largest absolute Gasteiger partial charge is 0.391 e. The van der Waals surface area contributed by atoms with E-state index in [4.69, 9.17) is 5.11 Å². The van der Waals surface area contributed by atoms with Gasteiger partial charge >= 0.3 is 0 Å². The number of halogens is 2. The minimum Gasteiger partial charge on any atom is -0.391 e. The molecule has 110 valence electrons. The molecule has 2 bridgehead atoms. The van der Waals surface area contributed by atoms with Crippen LogP contribution in [-0.2, 0) is 16.6 Å². The van der Waals surface area contributed by atoms with Crippen molar-refractivity contribution in [1.82, 2.24) is 4.31 Å². The molecule has 2 fully saturated rings. The predicted octanol–water partition coefficient (Wildman–Crippen LogP) is 1.63. The van der Waals surface area contributed by atoms with Crippen LogP contribution in [0.4, 0.5) is 8.78 Å². The van der Waals surface area contributed by atoms with E-state index in [1.54, 1.807) is 0 Å². The number of piperidine rings is 1. The fourth-order valence-corrected chi connectivity index (χ4v) is 5.05. The maximum atomic E-state index is 14.1. The molecule has 2 atom stereocenters. The third kappa shape index (κ3) is 1.96. The van der Waals surface area contributed by atoms with Crippen LogP contribution in [0.25, 0.3) is 0 Å². The molecular formula is C13H15F2NO3S. The topological polar surface area (TPSA) is 57.6 Å². The van der Waals surface area contributed by atoms with Crippen molar-refractivity contribution < 1.29 is 22.3 Å². The highest BCUT2D eigenvalue weighted by atomic mass is 32.2. The van der Waals surface area contributed by atoms with Crippen LogP contribution in [0.3, 0.4) is 0 Å². The first-order valence-electron chi connectivity index (χ1n) is 6.54. The van der Waals surface area contributed by atoms with Crippen molar-refractivity contribution in [2.24, 2.45) is 5.92 Å². The smallest absolute Gasteiger partial charge is 0.246 e. The van der Waals surface area contributed by atoms with Crippen molar-refractivity contribution in [2.75, 3.05) is 6.54 Å². The van der Waals surface area contributed by atoms with E-state index >= 15 is 0 Å². The Labute approximate surface area is 116 Å². The van der Waals surface area contributed by atoms with Crippen LogP contribution in [0, 0.1) is 17.6 Å². The fraction of sp³-hybridized carbons (Fsp3) is 0.538. The van der Waals surface area contributed by atoms with Gasteiger partial charge in [0, 0.05) is 12.6 Å². The van der Waals surface area contributed by atoms with Crippen molar-refractivity contribution in [2.45, 2.75) is 36.8 Å². The second kappa shape index (κ2) is 4.75. The lowest BCUT2D eigenvalue weighted by Gasteiger charge is -2.26. The second-order valence-electron chi connectivity index (χ2n) is 5.40. The Kier molecular flexibility index (Phi) is 3.30. The number of benzene rings is 1. The van der Waals surface area contributed by atoms with Crippen LogP contribution < -0.4 is 0 Å². The first-order valence-corrected chi connectivity index (χ1v) is 7.98. The number of aliphatic hydroxyl groups is 1. The Morgan fingerprint density at radius 1 is 1.30 bits per heavy atom. The molecule has 1 aromatic carbocycles.